The topological polar surface area (TPSA) is 140 Å². The zero-order valence-electron chi connectivity index (χ0n) is 17.8. The predicted molar refractivity (Wildman–Crippen MR) is 124 cm³/mol. The number of imidazole rings is 1. The summed E-state index contributed by atoms with van der Waals surface area (Å²) in [4.78, 5) is 44.2. The largest absolute Gasteiger partial charge is 0.406 e. The Kier molecular flexibility index (Phi) is 5.24. The molecule has 180 valence electrons. The maximum atomic E-state index is 13.0. The maximum Gasteiger partial charge on any atom is 0.406 e. The van der Waals surface area contributed by atoms with E-state index in [1.54, 1.807) is 24.5 Å². The van der Waals surface area contributed by atoms with Crippen LogP contribution in [0.3, 0.4) is 0 Å². The van der Waals surface area contributed by atoms with E-state index in [4.69, 9.17) is 0 Å². The average molecular weight is 503 g/mol. The third-order valence-corrected chi connectivity index (χ3v) is 6.47. The minimum absolute atomic E-state index is 0.0233. The molecule has 5 N–H and O–H groups in total. The lowest BCUT2D eigenvalue weighted by Gasteiger charge is -2.07. The van der Waals surface area contributed by atoms with Crippen molar-refractivity contribution in [3.8, 4) is 10.4 Å². The lowest BCUT2D eigenvalue weighted by molar-refractivity contribution is -0.140. The van der Waals surface area contributed by atoms with Crippen LogP contribution in [0.4, 0.5) is 19.0 Å². The van der Waals surface area contributed by atoms with E-state index in [9.17, 15) is 27.6 Å². The Morgan fingerprint density at radius 2 is 1.94 bits per heavy atom. The molecule has 1 aromatic carbocycles. The second-order valence-electron chi connectivity index (χ2n) is 7.61. The van der Waals surface area contributed by atoms with Crippen LogP contribution in [0.15, 0.2) is 41.5 Å². The average Bonchev–Trinajstić information content (AvgIpc) is 3.57. The summed E-state index contributed by atoms with van der Waals surface area (Å²) >= 11 is 1.22. The SMILES string of the molecule is CNC(=O)c1c(NC(=O)c2ccc(-c3cn[nH]c3)s2)[nH]c2cc3[nH]c(=O)n(CC(F)(F)F)c3cc12. The molecule has 4 aromatic heterocycles. The van der Waals surface area contributed by atoms with Gasteiger partial charge in [0, 0.05) is 29.1 Å². The van der Waals surface area contributed by atoms with Crippen LogP contribution < -0.4 is 16.3 Å². The number of hydrogen-bond donors (Lipinski definition) is 5. The van der Waals surface area contributed by atoms with Crippen LogP contribution in [0, 0.1) is 0 Å². The molecule has 0 radical (unpaired) electrons. The van der Waals surface area contributed by atoms with Crippen molar-refractivity contribution in [2.24, 2.45) is 0 Å². The first-order valence-electron chi connectivity index (χ1n) is 10.1. The fraction of sp³-hybridized carbons (Fsp3) is 0.143. The third kappa shape index (κ3) is 4.07. The maximum absolute atomic E-state index is 13.0. The van der Waals surface area contributed by atoms with Crippen LogP contribution in [-0.2, 0) is 6.54 Å². The van der Waals surface area contributed by atoms with Gasteiger partial charge in [-0.15, -0.1) is 11.3 Å². The number of amides is 2. The number of carbonyl (C=O) groups excluding carboxylic acids is 2. The Balaban J connectivity index is 1.57. The normalized spacial score (nSPS) is 11.9. The first-order valence-corrected chi connectivity index (χ1v) is 10.9. The van der Waals surface area contributed by atoms with Gasteiger partial charge in [-0.05, 0) is 24.3 Å². The van der Waals surface area contributed by atoms with Crippen molar-refractivity contribution in [1.82, 2.24) is 30.0 Å². The third-order valence-electron chi connectivity index (χ3n) is 5.33. The van der Waals surface area contributed by atoms with Gasteiger partial charge in [-0.2, -0.15) is 18.3 Å². The van der Waals surface area contributed by atoms with Gasteiger partial charge in [-0.1, -0.05) is 0 Å². The van der Waals surface area contributed by atoms with Crippen molar-refractivity contribution in [1.29, 1.82) is 0 Å². The van der Waals surface area contributed by atoms with Gasteiger partial charge in [0.1, 0.15) is 12.4 Å². The molecule has 0 atom stereocenters. The van der Waals surface area contributed by atoms with Gasteiger partial charge < -0.3 is 20.6 Å². The number of aromatic amines is 3. The molecule has 0 saturated heterocycles. The number of nitrogens with one attached hydrogen (secondary N) is 5. The van der Waals surface area contributed by atoms with Crippen molar-refractivity contribution < 1.29 is 22.8 Å². The molecular weight excluding hydrogens is 487 g/mol. The van der Waals surface area contributed by atoms with Gasteiger partial charge in [0.15, 0.2) is 0 Å². The molecule has 14 heteroatoms. The van der Waals surface area contributed by atoms with E-state index < -0.39 is 30.2 Å². The van der Waals surface area contributed by atoms with E-state index in [-0.39, 0.29) is 27.8 Å². The molecule has 5 aromatic rings. The van der Waals surface area contributed by atoms with Gasteiger partial charge in [-0.3, -0.25) is 19.3 Å². The summed E-state index contributed by atoms with van der Waals surface area (Å²) in [5, 5.41) is 12.0. The summed E-state index contributed by atoms with van der Waals surface area (Å²) in [7, 11) is 1.39. The number of fused-ring (bicyclic) bond motifs is 2. The molecule has 0 spiro atoms. The van der Waals surface area contributed by atoms with E-state index >= 15 is 0 Å². The van der Waals surface area contributed by atoms with Crippen LogP contribution >= 0.6 is 11.3 Å². The number of carbonyl (C=O) groups is 2. The number of rotatable bonds is 5. The Hall–Kier alpha value is -4.33. The van der Waals surface area contributed by atoms with Gasteiger partial charge in [0.05, 0.1) is 33.2 Å². The number of nitrogens with zero attached hydrogens (tertiary/aromatic N) is 2. The summed E-state index contributed by atoms with van der Waals surface area (Å²) in [6.45, 7) is -1.49. The molecule has 2 amide bonds. The lowest BCUT2D eigenvalue weighted by atomic mass is 10.1. The molecule has 35 heavy (non-hydrogen) atoms. The van der Waals surface area contributed by atoms with Gasteiger partial charge >= 0.3 is 11.9 Å². The lowest BCUT2D eigenvalue weighted by Crippen LogP contribution is -2.26. The van der Waals surface area contributed by atoms with E-state index in [1.165, 1.54) is 30.5 Å². The van der Waals surface area contributed by atoms with Crippen molar-refractivity contribution in [2.45, 2.75) is 12.7 Å². The summed E-state index contributed by atoms with van der Waals surface area (Å²) in [6, 6.07) is 6.12. The Bertz CT molecular complexity index is 1640. The highest BCUT2D eigenvalue weighted by atomic mass is 32.1. The molecule has 0 unspecified atom stereocenters. The van der Waals surface area contributed by atoms with Crippen molar-refractivity contribution in [3.05, 3.63) is 57.6 Å². The quantitative estimate of drug-likeness (QED) is 0.251. The zero-order chi connectivity index (χ0) is 24.9. The fourth-order valence-electron chi connectivity index (χ4n) is 3.81. The number of alkyl halides is 3. The van der Waals surface area contributed by atoms with Crippen LogP contribution in [0.5, 0.6) is 0 Å². The number of halogens is 3. The van der Waals surface area contributed by atoms with Crippen molar-refractivity contribution in [3.63, 3.8) is 0 Å². The van der Waals surface area contributed by atoms with E-state index in [1.807, 2.05) is 0 Å². The summed E-state index contributed by atoms with van der Waals surface area (Å²) in [5.41, 5.74) is 0.382. The highest BCUT2D eigenvalue weighted by molar-refractivity contribution is 7.17. The molecule has 0 aliphatic heterocycles. The minimum atomic E-state index is -4.62. The van der Waals surface area contributed by atoms with Crippen LogP contribution in [0.1, 0.15) is 20.0 Å². The predicted octanol–water partition coefficient (Wildman–Crippen LogP) is 3.44. The fourth-order valence-corrected chi connectivity index (χ4v) is 4.69. The van der Waals surface area contributed by atoms with Crippen LogP contribution in [0.2, 0.25) is 0 Å². The number of anilines is 1. The number of aromatic nitrogens is 5. The summed E-state index contributed by atoms with van der Waals surface area (Å²) < 4.78 is 39.6. The van der Waals surface area contributed by atoms with Gasteiger partial charge in [-0.25, -0.2) is 4.79 Å². The van der Waals surface area contributed by atoms with Crippen LogP contribution in [-0.4, -0.2) is 49.8 Å². The first kappa shape index (κ1) is 22.5. The van der Waals surface area contributed by atoms with E-state index in [2.05, 4.69) is 30.8 Å². The molecular formula is C21H16F3N7O3S. The standard InChI is InChI=1S/C21H16F3N7O3S/c1-25-19(33)16-10-4-13-12(29-20(34)31(13)8-21(22,23)24)5-11(10)28-17(16)30-18(32)15-3-2-14(35-15)9-6-26-27-7-9/h2-7,28H,8H2,1H3,(H,25,33)(H,26,27)(H,29,34)(H,30,32). The molecule has 4 heterocycles. The van der Waals surface area contributed by atoms with Crippen LogP contribution in [0.25, 0.3) is 32.4 Å². The van der Waals surface area contributed by atoms with Crippen molar-refractivity contribution in [2.75, 3.05) is 12.4 Å². The molecule has 0 bridgehead atoms. The summed E-state index contributed by atoms with van der Waals surface area (Å²) in [6.07, 6.45) is -1.31. The van der Waals surface area contributed by atoms with Gasteiger partial charge in [0.25, 0.3) is 11.8 Å². The molecule has 0 aliphatic rings. The van der Waals surface area contributed by atoms with E-state index in [0.29, 0.717) is 15.0 Å². The highest BCUT2D eigenvalue weighted by Gasteiger charge is 2.30. The Morgan fingerprint density at radius 1 is 1.14 bits per heavy atom. The Labute approximate surface area is 197 Å². The molecule has 0 fully saturated rings. The number of H-pyrrole nitrogens is 3. The monoisotopic (exact) mass is 503 g/mol. The highest BCUT2D eigenvalue weighted by Crippen LogP contribution is 2.32. The van der Waals surface area contributed by atoms with Gasteiger partial charge in [0.2, 0.25) is 0 Å². The Morgan fingerprint density at radius 3 is 2.63 bits per heavy atom. The molecule has 5 rings (SSSR count). The van der Waals surface area contributed by atoms with E-state index in [0.717, 1.165) is 10.4 Å². The number of thiophene rings is 1. The second-order valence-corrected chi connectivity index (χ2v) is 8.69. The minimum Gasteiger partial charge on any atom is -0.355 e. The number of benzene rings is 1. The smallest absolute Gasteiger partial charge is 0.355 e. The second kappa shape index (κ2) is 8.16. The van der Waals surface area contributed by atoms with Crippen molar-refractivity contribution >= 4 is 50.9 Å². The zero-order valence-corrected chi connectivity index (χ0v) is 18.6. The summed E-state index contributed by atoms with van der Waals surface area (Å²) in [5.74, 6) is -0.989. The first-order chi connectivity index (χ1) is 16.6. The number of hydrogen-bond acceptors (Lipinski definition) is 5. The molecule has 10 nitrogen and oxygen atoms in total. The molecule has 0 aliphatic carbocycles. The molecule has 0 saturated carbocycles.